The highest BCUT2D eigenvalue weighted by atomic mass is 19.4. The van der Waals surface area contributed by atoms with Crippen molar-refractivity contribution in [3.63, 3.8) is 0 Å². The predicted molar refractivity (Wildman–Crippen MR) is 225 cm³/mol. The topological polar surface area (TPSA) is 125 Å². The zero-order valence-electron chi connectivity index (χ0n) is 37.5. The highest BCUT2D eigenvalue weighted by Crippen LogP contribution is 2.39. The molecule has 0 saturated carbocycles. The Labute approximate surface area is 360 Å². The third-order valence-electron chi connectivity index (χ3n) is 12.1. The summed E-state index contributed by atoms with van der Waals surface area (Å²) in [7, 11) is 5.35. The molecular formula is C46H68F3N3O9. The van der Waals surface area contributed by atoms with Crippen LogP contribution in [0.4, 0.5) is 13.2 Å². The SMILES string of the molecule is CCN1C[C@H](C)C[C@@](C)(OC)[C@H](O[C@@H]2O[C@H](C)C[C@H](N(C)C)[C@H]2OC(=O)c2ccccc2)[C@@H](C)C(=O)C(C)(C)C(=O)OC[C@H]1[C@@H](CCNCC(F)(F)F)OCc1ccccc1. The monoisotopic (exact) mass is 863 g/mol. The Bertz CT molecular complexity index is 1680. The second-order valence-corrected chi connectivity index (χ2v) is 17.6. The lowest BCUT2D eigenvalue weighted by Crippen LogP contribution is -2.60. The van der Waals surface area contributed by atoms with Crippen molar-refractivity contribution in [1.29, 1.82) is 0 Å². The van der Waals surface area contributed by atoms with Crippen molar-refractivity contribution in [3.05, 3.63) is 71.8 Å². The average molecular weight is 864 g/mol. The number of carbonyl (C=O) groups is 3. The van der Waals surface area contributed by atoms with E-state index in [2.05, 4.69) is 10.2 Å². The molecule has 2 saturated heterocycles. The van der Waals surface area contributed by atoms with Gasteiger partial charge in [-0.1, -0.05) is 69.3 Å². The van der Waals surface area contributed by atoms with Gasteiger partial charge >= 0.3 is 18.1 Å². The van der Waals surface area contributed by atoms with Crippen LogP contribution < -0.4 is 5.32 Å². The third kappa shape index (κ3) is 13.8. The Morgan fingerprint density at radius 1 is 1.02 bits per heavy atom. The van der Waals surface area contributed by atoms with Gasteiger partial charge in [-0.2, -0.15) is 13.2 Å². The maximum Gasteiger partial charge on any atom is 0.401 e. The lowest BCUT2D eigenvalue weighted by molar-refractivity contribution is -0.295. The number of ketones is 1. The summed E-state index contributed by atoms with van der Waals surface area (Å²) in [6, 6.07) is 17.2. The molecular weight excluding hydrogens is 796 g/mol. The highest BCUT2D eigenvalue weighted by Gasteiger charge is 2.52. The molecule has 0 unspecified atom stereocenters. The van der Waals surface area contributed by atoms with Gasteiger partial charge in [-0.05, 0) is 97.8 Å². The number of hydrogen-bond acceptors (Lipinski definition) is 12. The van der Waals surface area contributed by atoms with Gasteiger partial charge in [0.2, 0.25) is 0 Å². The number of alkyl halides is 3. The Kier molecular flexibility index (Phi) is 18.3. The smallest absolute Gasteiger partial charge is 0.401 e. The van der Waals surface area contributed by atoms with Crippen LogP contribution in [0.25, 0.3) is 0 Å². The maximum atomic E-state index is 14.7. The van der Waals surface area contributed by atoms with E-state index in [9.17, 15) is 27.6 Å². The normalized spacial score (nSPS) is 30.1. The minimum atomic E-state index is -4.39. The number of cyclic esters (lactones) is 1. The number of methoxy groups -OCH3 is 1. The second-order valence-electron chi connectivity index (χ2n) is 17.6. The van der Waals surface area contributed by atoms with E-state index in [1.165, 1.54) is 13.8 Å². The molecule has 15 heteroatoms. The maximum absolute atomic E-state index is 14.7. The Morgan fingerprint density at radius 3 is 2.25 bits per heavy atom. The Balaban J connectivity index is 1.73. The number of hydrogen-bond donors (Lipinski definition) is 1. The molecule has 2 aromatic carbocycles. The number of rotatable bonds is 15. The van der Waals surface area contributed by atoms with E-state index in [0.717, 1.165) is 5.56 Å². The van der Waals surface area contributed by atoms with E-state index in [4.69, 9.17) is 28.4 Å². The van der Waals surface area contributed by atoms with Gasteiger partial charge in [-0.15, -0.1) is 0 Å². The molecule has 0 spiro atoms. The van der Waals surface area contributed by atoms with Gasteiger partial charge in [0.05, 0.1) is 54.7 Å². The van der Waals surface area contributed by atoms with Crippen molar-refractivity contribution in [1.82, 2.24) is 15.1 Å². The summed E-state index contributed by atoms with van der Waals surface area (Å²) in [5.41, 5.74) is -1.59. The van der Waals surface area contributed by atoms with Crippen LogP contribution in [0.15, 0.2) is 60.7 Å². The van der Waals surface area contributed by atoms with Gasteiger partial charge < -0.3 is 38.6 Å². The molecule has 1 N–H and O–H groups in total. The summed E-state index contributed by atoms with van der Waals surface area (Å²) in [4.78, 5) is 46.6. The summed E-state index contributed by atoms with van der Waals surface area (Å²) in [5.74, 6) is -2.86. The van der Waals surface area contributed by atoms with Crippen molar-refractivity contribution in [2.75, 3.05) is 54.0 Å². The molecule has 4 rings (SSSR count). The van der Waals surface area contributed by atoms with Crippen molar-refractivity contribution in [2.24, 2.45) is 17.3 Å². The third-order valence-corrected chi connectivity index (χ3v) is 12.1. The quantitative estimate of drug-likeness (QED) is 0.116. The van der Waals surface area contributed by atoms with Crippen LogP contribution in [0.2, 0.25) is 0 Å². The zero-order chi connectivity index (χ0) is 45.1. The van der Waals surface area contributed by atoms with E-state index in [0.29, 0.717) is 31.5 Å². The number of nitrogens with one attached hydrogen (secondary N) is 1. The molecule has 12 nitrogen and oxygen atoms in total. The van der Waals surface area contributed by atoms with Gasteiger partial charge in [0.15, 0.2) is 18.2 Å². The molecule has 342 valence electrons. The molecule has 2 aliphatic rings. The largest absolute Gasteiger partial charge is 0.463 e. The molecule has 0 bridgehead atoms. The molecule has 2 aromatic rings. The van der Waals surface area contributed by atoms with Crippen molar-refractivity contribution in [3.8, 4) is 0 Å². The number of benzene rings is 2. The first kappa shape index (κ1) is 50.2. The van der Waals surface area contributed by atoms with Crippen LogP contribution in [0.1, 0.15) is 83.7 Å². The van der Waals surface area contributed by atoms with Gasteiger partial charge in [0.25, 0.3) is 0 Å². The second kappa shape index (κ2) is 22.3. The molecule has 10 atom stereocenters. The molecule has 0 aromatic heterocycles. The van der Waals surface area contributed by atoms with E-state index < -0.39 is 78.0 Å². The first-order valence-corrected chi connectivity index (χ1v) is 21.4. The molecule has 0 amide bonds. The standard InChI is InChI=1S/C46H68F3N3O9/c1-11-52-26-30(2)25-45(7,56-10)40(61-42-38(35(51(8)9)24-31(3)59-42)60-41(54)34-20-16-13-17-21-34)32(4)39(53)44(5,6)43(55)58-28-36(52)37(22-23-50-29-46(47,48)49)57-27-33-18-14-12-15-19-33/h12-21,30-32,35-38,40,42,50H,11,22-29H2,1-10H3/t30-,31-,32+,35+,36+,37-,38-,40-,42+,45-/m1/s1. The minimum Gasteiger partial charge on any atom is -0.463 e. The zero-order valence-corrected chi connectivity index (χ0v) is 37.5. The lowest BCUT2D eigenvalue weighted by atomic mass is 9.74. The molecule has 2 fully saturated rings. The van der Waals surface area contributed by atoms with Crippen LogP contribution in [0, 0.1) is 17.3 Å². The fraction of sp³-hybridized carbons (Fsp3) is 0.674. The van der Waals surface area contributed by atoms with Crippen LogP contribution in [0.5, 0.6) is 0 Å². The van der Waals surface area contributed by atoms with E-state index in [1.807, 2.05) is 83.1 Å². The molecule has 0 radical (unpaired) electrons. The lowest BCUT2D eigenvalue weighted by Gasteiger charge is -2.48. The summed E-state index contributed by atoms with van der Waals surface area (Å²) in [6.45, 7) is 12.3. The summed E-state index contributed by atoms with van der Waals surface area (Å²) in [5, 5.41) is 2.49. The number of Topliss-reactive ketones (excluding diaryl/α,β-unsaturated/α-hetero) is 1. The first-order chi connectivity index (χ1) is 28.7. The van der Waals surface area contributed by atoms with Crippen LogP contribution in [0.3, 0.4) is 0 Å². The van der Waals surface area contributed by atoms with Crippen molar-refractivity contribution in [2.45, 2.75) is 129 Å². The summed E-state index contributed by atoms with van der Waals surface area (Å²) in [6.07, 6.45) is -7.30. The Hall–Kier alpha value is -3.44. The number of esters is 2. The van der Waals surface area contributed by atoms with Gasteiger partial charge in [0, 0.05) is 19.6 Å². The Morgan fingerprint density at radius 2 is 1.66 bits per heavy atom. The van der Waals surface area contributed by atoms with Gasteiger partial charge in [-0.25, -0.2) is 4.79 Å². The number of carbonyl (C=O) groups excluding carboxylic acids is 3. The highest BCUT2D eigenvalue weighted by molar-refractivity contribution is 6.04. The summed E-state index contributed by atoms with van der Waals surface area (Å²) < 4.78 is 77.9. The molecule has 2 aliphatic heterocycles. The van der Waals surface area contributed by atoms with Gasteiger partial charge in [0.1, 0.15) is 12.0 Å². The average Bonchev–Trinajstić information content (AvgIpc) is 3.22. The fourth-order valence-corrected chi connectivity index (χ4v) is 8.67. The van der Waals surface area contributed by atoms with E-state index in [-0.39, 0.29) is 44.2 Å². The van der Waals surface area contributed by atoms with E-state index in [1.54, 1.807) is 38.3 Å². The van der Waals surface area contributed by atoms with Gasteiger partial charge in [-0.3, -0.25) is 14.5 Å². The van der Waals surface area contributed by atoms with E-state index >= 15 is 0 Å². The van der Waals surface area contributed by atoms with Crippen LogP contribution >= 0.6 is 0 Å². The molecule has 0 aliphatic carbocycles. The van der Waals surface area contributed by atoms with Crippen molar-refractivity contribution >= 4 is 17.7 Å². The number of nitrogens with zero attached hydrogens (tertiary/aromatic N) is 2. The number of halogens is 3. The predicted octanol–water partition coefficient (Wildman–Crippen LogP) is 6.70. The minimum absolute atomic E-state index is 0.00301. The van der Waals surface area contributed by atoms with Crippen molar-refractivity contribution < 1.29 is 56.0 Å². The van der Waals surface area contributed by atoms with Crippen LogP contribution in [-0.4, -0.2) is 136 Å². The molecule has 2 heterocycles. The van der Waals surface area contributed by atoms with Crippen LogP contribution in [-0.2, 0) is 44.6 Å². The number of ether oxygens (including phenoxy) is 6. The number of likely N-dealkylation sites (N-methyl/N-ethyl adjacent to an activating group) is 2. The summed E-state index contributed by atoms with van der Waals surface area (Å²) >= 11 is 0. The fourth-order valence-electron chi connectivity index (χ4n) is 8.67. The molecule has 61 heavy (non-hydrogen) atoms. The first-order valence-electron chi connectivity index (χ1n) is 21.4.